The van der Waals surface area contributed by atoms with Crippen LogP contribution in [-0.4, -0.2) is 50.9 Å². The summed E-state index contributed by atoms with van der Waals surface area (Å²) in [6.45, 7) is 10.1. The summed E-state index contributed by atoms with van der Waals surface area (Å²) in [5, 5.41) is 16.7. The zero-order valence-corrected chi connectivity index (χ0v) is 21.8. The summed E-state index contributed by atoms with van der Waals surface area (Å²) in [6.07, 6.45) is 10.0. The van der Waals surface area contributed by atoms with Gasteiger partial charge >= 0.3 is 6.09 Å². The molecule has 0 aromatic carbocycles. The second kappa shape index (κ2) is 12.6. The number of carbonyl (C=O) groups is 1. The van der Waals surface area contributed by atoms with Crippen molar-refractivity contribution in [3.63, 3.8) is 0 Å². The van der Waals surface area contributed by atoms with E-state index in [1.165, 1.54) is 6.33 Å². The van der Waals surface area contributed by atoms with Gasteiger partial charge in [-0.1, -0.05) is 12.8 Å². The molecule has 1 N–H and O–H groups in total. The van der Waals surface area contributed by atoms with Gasteiger partial charge in [0.05, 0.1) is 23.7 Å². The fourth-order valence-corrected chi connectivity index (χ4v) is 4.31. The molecule has 0 spiro atoms. The van der Waals surface area contributed by atoms with E-state index in [9.17, 15) is 10.1 Å². The Bertz CT molecular complexity index is 1090. The number of nitrogens with one attached hydrogen (secondary N) is 1. The first-order valence-electron chi connectivity index (χ1n) is 12.5. The van der Waals surface area contributed by atoms with Gasteiger partial charge in [-0.3, -0.25) is 5.32 Å². The second-order valence-corrected chi connectivity index (χ2v) is 9.57. The molecule has 0 atom stereocenters. The standard InChI is InChI=1S/C26H36N6O4/c1-6-34-22(35-7-2)14-20-23(28-17-29-24(20)31-25(33)36-26(3,4)5)19-15-30-32(16-19)21(12-13-27)18-10-8-9-11-18/h12,15-18,22H,6-11,14H2,1-5H3,(H,28,29,31,33)/b21-12-. The van der Waals surface area contributed by atoms with Gasteiger partial charge in [0.2, 0.25) is 0 Å². The Morgan fingerprint density at radius 3 is 2.56 bits per heavy atom. The Balaban J connectivity index is 2.01. The highest BCUT2D eigenvalue weighted by molar-refractivity contribution is 5.86. The van der Waals surface area contributed by atoms with Crippen molar-refractivity contribution in [3.8, 4) is 17.3 Å². The summed E-state index contributed by atoms with van der Waals surface area (Å²) in [5.41, 5.74) is 2.18. The summed E-state index contributed by atoms with van der Waals surface area (Å²) in [5.74, 6) is 0.613. The van der Waals surface area contributed by atoms with Crippen molar-refractivity contribution >= 4 is 17.6 Å². The van der Waals surface area contributed by atoms with Crippen molar-refractivity contribution in [2.75, 3.05) is 18.5 Å². The Morgan fingerprint density at radius 2 is 1.94 bits per heavy atom. The Morgan fingerprint density at radius 1 is 1.25 bits per heavy atom. The van der Waals surface area contributed by atoms with Gasteiger partial charge in [0.15, 0.2) is 6.29 Å². The Labute approximate surface area is 212 Å². The van der Waals surface area contributed by atoms with Gasteiger partial charge in [-0.2, -0.15) is 10.4 Å². The number of anilines is 1. The van der Waals surface area contributed by atoms with Crippen molar-refractivity contribution < 1.29 is 19.0 Å². The van der Waals surface area contributed by atoms with Crippen LogP contribution in [0.5, 0.6) is 0 Å². The van der Waals surface area contributed by atoms with E-state index in [0.29, 0.717) is 42.6 Å². The summed E-state index contributed by atoms with van der Waals surface area (Å²) in [6, 6.07) is 2.16. The van der Waals surface area contributed by atoms with Gasteiger partial charge in [0, 0.05) is 49.0 Å². The molecule has 1 fully saturated rings. The largest absolute Gasteiger partial charge is 0.444 e. The van der Waals surface area contributed by atoms with Crippen LogP contribution >= 0.6 is 0 Å². The van der Waals surface area contributed by atoms with Crippen molar-refractivity contribution in [1.82, 2.24) is 19.7 Å². The van der Waals surface area contributed by atoms with Crippen LogP contribution in [0.2, 0.25) is 0 Å². The Hall–Kier alpha value is -3.29. The predicted octanol–water partition coefficient (Wildman–Crippen LogP) is 5.18. The number of hydrogen-bond donors (Lipinski definition) is 1. The SMILES string of the molecule is CCOC(Cc1c(NC(=O)OC(C)(C)C)ncnc1-c1cnn(/C(=C\C#N)C2CCCC2)c1)OCC. The summed E-state index contributed by atoms with van der Waals surface area (Å²) < 4.78 is 18.7. The zero-order valence-electron chi connectivity index (χ0n) is 21.8. The molecule has 0 radical (unpaired) electrons. The maximum atomic E-state index is 12.6. The molecular weight excluding hydrogens is 460 g/mol. The molecule has 36 heavy (non-hydrogen) atoms. The number of amides is 1. The third kappa shape index (κ3) is 7.35. The lowest BCUT2D eigenvalue weighted by molar-refractivity contribution is -0.134. The first kappa shape index (κ1) is 27.3. The third-order valence-corrected chi connectivity index (χ3v) is 5.75. The fourth-order valence-electron chi connectivity index (χ4n) is 4.31. The highest BCUT2D eigenvalue weighted by atomic mass is 16.7. The van der Waals surface area contributed by atoms with E-state index in [1.54, 1.807) is 37.7 Å². The zero-order chi connectivity index (χ0) is 26.1. The van der Waals surface area contributed by atoms with E-state index in [1.807, 2.05) is 20.0 Å². The van der Waals surface area contributed by atoms with Crippen molar-refractivity contribution in [3.05, 3.63) is 30.4 Å². The minimum absolute atomic E-state index is 0.298. The smallest absolute Gasteiger partial charge is 0.413 e. The van der Waals surface area contributed by atoms with Crippen LogP contribution in [0.1, 0.15) is 65.9 Å². The predicted molar refractivity (Wildman–Crippen MR) is 136 cm³/mol. The van der Waals surface area contributed by atoms with Crippen molar-refractivity contribution in [1.29, 1.82) is 5.26 Å². The number of nitrogens with zero attached hydrogens (tertiary/aromatic N) is 5. The van der Waals surface area contributed by atoms with Gasteiger partial charge in [-0.25, -0.2) is 19.4 Å². The highest BCUT2D eigenvalue weighted by Crippen LogP contribution is 2.35. The van der Waals surface area contributed by atoms with Crippen molar-refractivity contribution in [2.24, 2.45) is 5.92 Å². The van der Waals surface area contributed by atoms with Gasteiger partial charge < -0.3 is 14.2 Å². The van der Waals surface area contributed by atoms with E-state index < -0.39 is 18.0 Å². The molecule has 2 heterocycles. The monoisotopic (exact) mass is 496 g/mol. The van der Waals surface area contributed by atoms with Crippen molar-refractivity contribution in [2.45, 2.75) is 78.6 Å². The number of nitriles is 1. The second-order valence-electron chi connectivity index (χ2n) is 9.57. The van der Waals surface area contributed by atoms with Crippen LogP contribution in [0, 0.1) is 17.2 Å². The molecule has 1 aliphatic carbocycles. The summed E-state index contributed by atoms with van der Waals surface area (Å²) >= 11 is 0. The Kier molecular flexibility index (Phi) is 9.56. The van der Waals surface area contributed by atoms with Gasteiger partial charge in [0.25, 0.3) is 0 Å². The van der Waals surface area contributed by atoms with E-state index in [-0.39, 0.29) is 0 Å². The maximum absolute atomic E-state index is 12.6. The van der Waals surface area contributed by atoms with Gasteiger partial charge in [0.1, 0.15) is 17.7 Å². The lowest BCUT2D eigenvalue weighted by atomic mass is 10.0. The average Bonchev–Trinajstić information content (AvgIpc) is 3.50. The van der Waals surface area contributed by atoms with Crippen LogP contribution in [-0.2, 0) is 20.6 Å². The lowest BCUT2D eigenvalue weighted by Crippen LogP contribution is -2.28. The molecule has 2 aromatic rings. The van der Waals surface area contributed by atoms with Gasteiger partial charge in [-0.05, 0) is 47.5 Å². The summed E-state index contributed by atoms with van der Waals surface area (Å²) in [7, 11) is 0. The lowest BCUT2D eigenvalue weighted by Gasteiger charge is -2.22. The minimum Gasteiger partial charge on any atom is -0.444 e. The number of ether oxygens (including phenoxy) is 3. The molecule has 3 rings (SSSR count). The molecule has 0 bridgehead atoms. The fraction of sp³-hybridized carbons (Fsp3) is 0.577. The van der Waals surface area contributed by atoms with E-state index in [0.717, 1.165) is 36.9 Å². The molecule has 1 amide bonds. The number of allylic oxidation sites excluding steroid dienone is 2. The number of aromatic nitrogens is 4. The van der Waals surface area contributed by atoms with E-state index in [2.05, 4.69) is 26.5 Å². The molecular formula is C26H36N6O4. The quantitative estimate of drug-likeness (QED) is 0.352. The van der Waals surface area contributed by atoms with E-state index in [4.69, 9.17) is 14.2 Å². The van der Waals surface area contributed by atoms with E-state index >= 15 is 0 Å². The molecule has 10 heteroatoms. The molecule has 1 aliphatic rings. The van der Waals surface area contributed by atoms with Crippen LogP contribution in [0.25, 0.3) is 17.0 Å². The molecule has 0 aliphatic heterocycles. The molecule has 2 aromatic heterocycles. The molecule has 1 saturated carbocycles. The normalized spacial score (nSPS) is 14.8. The average molecular weight is 497 g/mol. The molecule has 194 valence electrons. The van der Waals surface area contributed by atoms with Crippen LogP contribution in [0.15, 0.2) is 24.8 Å². The third-order valence-electron chi connectivity index (χ3n) is 5.75. The van der Waals surface area contributed by atoms with Crippen LogP contribution in [0.4, 0.5) is 10.6 Å². The van der Waals surface area contributed by atoms with Gasteiger partial charge in [-0.15, -0.1) is 0 Å². The number of carbonyl (C=O) groups excluding carboxylic acids is 1. The number of rotatable bonds is 10. The van der Waals surface area contributed by atoms with Crippen LogP contribution < -0.4 is 5.32 Å². The first-order valence-corrected chi connectivity index (χ1v) is 12.5. The number of hydrogen-bond acceptors (Lipinski definition) is 8. The van der Waals surface area contributed by atoms with Crippen LogP contribution in [0.3, 0.4) is 0 Å². The molecule has 0 saturated heterocycles. The minimum atomic E-state index is -0.663. The molecule has 10 nitrogen and oxygen atoms in total. The maximum Gasteiger partial charge on any atom is 0.413 e. The summed E-state index contributed by atoms with van der Waals surface area (Å²) in [4.78, 5) is 21.4. The topological polar surface area (TPSA) is 124 Å². The highest BCUT2D eigenvalue weighted by Gasteiger charge is 2.25. The first-order chi connectivity index (χ1) is 17.3. The molecule has 0 unspecified atom stereocenters.